The Morgan fingerprint density at radius 3 is 2.20 bits per heavy atom. The van der Waals surface area contributed by atoms with Crippen molar-refractivity contribution in [2.45, 2.75) is 19.0 Å². The molecule has 2 nitrogen and oxygen atoms in total. The van der Waals surface area contributed by atoms with E-state index in [4.69, 9.17) is 5.73 Å². The van der Waals surface area contributed by atoms with Gasteiger partial charge in [-0.2, -0.15) is 13.2 Å². The summed E-state index contributed by atoms with van der Waals surface area (Å²) in [4.78, 5) is 10.6. The van der Waals surface area contributed by atoms with Crippen molar-refractivity contribution in [3.63, 3.8) is 0 Å². The highest BCUT2D eigenvalue weighted by Gasteiger charge is 2.37. The molecular weight excluding hydrogens is 207 g/mol. The minimum atomic E-state index is -4.73. The van der Waals surface area contributed by atoms with Crippen molar-refractivity contribution in [2.75, 3.05) is 5.73 Å². The van der Waals surface area contributed by atoms with Gasteiger partial charge in [-0.15, -0.1) is 0 Å². The van der Waals surface area contributed by atoms with E-state index in [2.05, 4.69) is 0 Å². The number of carbonyl (C=O) groups is 1. The van der Waals surface area contributed by atoms with Gasteiger partial charge in [0.1, 0.15) is 0 Å². The highest BCUT2D eigenvalue weighted by atomic mass is 19.4. The van der Waals surface area contributed by atoms with Crippen molar-refractivity contribution in [1.29, 1.82) is 0 Å². The first-order chi connectivity index (χ1) is 6.89. The predicted octanol–water partition coefficient (Wildman–Crippen LogP) is 2.33. The summed E-state index contributed by atoms with van der Waals surface area (Å²) < 4.78 is 35.5. The van der Waals surface area contributed by atoms with Gasteiger partial charge in [0.05, 0.1) is 0 Å². The fourth-order valence-electron chi connectivity index (χ4n) is 1.08. The standard InChI is InChI=1S/C10H10F3NO/c11-10(12,13)9(15)6-3-7-1-4-8(14)5-2-7/h1-2,4-5H,3,6,14H2. The lowest BCUT2D eigenvalue weighted by molar-refractivity contribution is -0.171. The Bertz CT molecular complexity index is 343. The van der Waals surface area contributed by atoms with Crippen molar-refractivity contribution >= 4 is 11.5 Å². The van der Waals surface area contributed by atoms with E-state index >= 15 is 0 Å². The van der Waals surface area contributed by atoms with Crippen molar-refractivity contribution in [3.8, 4) is 0 Å². The Hall–Kier alpha value is -1.52. The van der Waals surface area contributed by atoms with Gasteiger partial charge in [0, 0.05) is 12.1 Å². The molecule has 1 rings (SSSR count). The van der Waals surface area contributed by atoms with Crippen LogP contribution in [-0.4, -0.2) is 12.0 Å². The highest BCUT2D eigenvalue weighted by Crippen LogP contribution is 2.19. The molecule has 5 heteroatoms. The van der Waals surface area contributed by atoms with Gasteiger partial charge in [0.15, 0.2) is 0 Å². The zero-order valence-electron chi connectivity index (χ0n) is 7.84. The highest BCUT2D eigenvalue weighted by molar-refractivity contribution is 5.84. The van der Waals surface area contributed by atoms with E-state index in [0.29, 0.717) is 11.3 Å². The molecule has 0 aliphatic carbocycles. The quantitative estimate of drug-likeness (QED) is 0.789. The van der Waals surface area contributed by atoms with Crippen LogP contribution < -0.4 is 5.73 Å². The average Bonchev–Trinajstić information content (AvgIpc) is 2.15. The lowest BCUT2D eigenvalue weighted by atomic mass is 10.1. The summed E-state index contributed by atoms with van der Waals surface area (Å²) in [5.74, 6) is -1.70. The molecule has 15 heavy (non-hydrogen) atoms. The van der Waals surface area contributed by atoms with Crippen molar-refractivity contribution in [3.05, 3.63) is 29.8 Å². The number of Topliss-reactive ketones (excluding diaryl/α,β-unsaturated/α-hetero) is 1. The smallest absolute Gasteiger partial charge is 0.399 e. The fourth-order valence-corrected chi connectivity index (χ4v) is 1.08. The molecule has 0 aromatic heterocycles. The van der Waals surface area contributed by atoms with Crippen LogP contribution in [0.1, 0.15) is 12.0 Å². The van der Waals surface area contributed by atoms with E-state index < -0.39 is 18.4 Å². The summed E-state index contributed by atoms with van der Waals surface area (Å²) in [6.45, 7) is 0. The summed E-state index contributed by atoms with van der Waals surface area (Å²) in [7, 11) is 0. The molecule has 82 valence electrons. The molecule has 0 atom stereocenters. The van der Waals surface area contributed by atoms with Crippen LogP contribution >= 0.6 is 0 Å². The van der Waals surface area contributed by atoms with E-state index in [9.17, 15) is 18.0 Å². The largest absolute Gasteiger partial charge is 0.449 e. The average molecular weight is 217 g/mol. The molecule has 0 unspecified atom stereocenters. The molecule has 0 heterocycles. The number of carbonyl (C=O) groups excluding carboxylic acids is 1. The number of alkyl halides is 3. The Morgan fingerprint density at radius 1 is 1.20 bits per heavy atom. The SMILES string of the molecule is Nc1ccc(CCC(=O)C(F)(F)F)cc1. The minimum Gasteiger partial charge on any atom is -0.399 e. The molecule has 0 bridgehead atoms. The molecule has 0 radical (unpaired) electrons. The number of ketones is 1. The topological polar surface area (TPSA) is 43.1 Å². The first kappa shape index (κ1) is 11.6. The lowest BCUT2D eigenvalue weighted by Crippen LogP contribution is -2.22. The summed E-state index contributed by atoms with van der Waals surface area (Å²) in [6.07, 6.45) is -5.17. The maximum absolute atomic E-state index is 11.8. The Kier molecular flexibility index (Phi) is 3.34. The maximum Gasteiger partial charge on any atom is 0.449 e. The summed E-state index contributed by atoms with van der Waals surface area (Å²) in [5, 5.41) is 0. The van der Waals surface area contributed by atoms with E-state index in [1.165, 1.54) is 0 Å². The molecule has 1 aromatic carbocycles. The van der Waals surface area contributed by atoms with Crippen LogP contribution in [0.4, 0.5) is 18.9 Å². The van der Waals surface area contributed by atoms with Crippen LogP contribution in [0.5, 0.6) is 0 Å². The van der Waals surface area contributed by atoms with Crippen LogP contribution in [0.25, 0.3) is 0 Å². The van der Waals surface area contributed by atoms with Crippen LogP contribution in [0.15, 0.2) is 24.3 Å². The number of nitrogens with two attached hydrogens (primary N) is 1. The molecular formula is C10H10F3NO. The number of benzene rings is 1. The zero-order chi connectivity index (χ0) is 11.5. The third-order valence-corrected chi connectivity index (χ3v) is 1.94. The normalized spacial score (nSPS) is 11.4. The Labute approximate surface area is 84.9 Å². The first-order valence-corrected chi connectivity index (χ1v) is 4.34. The molecule has 2 N–H and O–H groups in total. The Balaban J connectivity index is 2.51. The number of rotatable bonds is 3. The van der Waals surface area contributed by atoms with Crippen LogP contribution in [0.2, 0.25) is 0 Å². The number of anilines is 1. The first-order valence-electron chi connectivity index (χ1n) is 4.34. The second-order valence-electron chi connectivity index (χ2n) is 3.16. The van der Waals surface area contributed by atoms with E-state index in [1.807, 2.05) is 0 Å². The van der Waals surface area contributed by atoms with Gasteiger partial charge in [0.25, 0.3) is 0 Å². The van der Waals surface area contributed by atoms with E-state index in [1.54, 1.807) is 24.3 Å². The second kappa shape index (κ2) is 4.33. The number of halogens is 3. The number of nitrogen functional groups attached to an aromatic ring is 1. The van der Waals surface area contributed by atoms with E-state index in [-0.39, 0.29) is 6.42 Å². The van der Waals surface area contributed by atoms with Gasteiger partial charge in [0.2, 0.25) is 5.78 Å². The van der Waals surface area contributed by atoms with Gasteiger partial charge < -0.3 is 5.73 Å². The van der Waals surface area contributed by atoms with Gasteiger partial charge in [-0.25, -0.2) is 0 Å². The molecule has 0 aliphatic rings. The third-order valence-electron chi connectivity index (χ3n) is 1.94. The molecule has 1 aromatic rings. The molecule has 0 fully saturated rings. The summed E-state index contributed by atoms with van der Waals surface area (Å²) in [5.41, 5.74) is 6.62. The summed E-state index contributed by atoms with van der Waals surface area (Å²) >= 11 is 0. The lowest BCUT2D eigenvalue weighted by Gasteiger charge is -2.05. The van der Waals surface area contributed by atoms with Crippen LogP contribution in [0.3, 0.4) is 0 Å². The van der Waals surface area contributed by atoms with E-state index in [0.717, 1.165) is 0 Å². The second-order valence-corrected chi connectivity index (χ2v) is 3.16. The monoisotopic (exact) mass is 217 g/mol. The molecule has 0 saturated heterocycles. The molecule has 0 amide bonds. The third kappa shape index (κ3) is 3.61. The molecule has 0 spiro atoms. The van der Waals surface area contributed by atoms with Gasteiger partial charge >= 0.3 is 6.18 Å². The number of hydrogen-bond acceptors (Lipinski definition) is 2. The molecule has 0 saturated carbocycles. The minimum absolute atomic E-state index is 0.0820. The maximum atomic E-state index is 11.8. The van der Waals surface area contributed by atoms with Gasteiger partial charge in [-0.05, 0) is 24.1 Å². The van der Waals surface area contributed by atoms with Gasteiger partial charge in [-0.3, -0.25) is 4.79 Å². The molecule has 0 aliphatic heterocycles. The summed E-state index contributed by atoms with van der Waals surface area (Å²) in [6, 6.07) is 6.40. The van der Waals surface area contributed by atoms with Crippen molar-refractivity contribution in [2.24, 2.45) is 0 Å². The fraction of sp³-hybridized carbons (Fsp3) is 0.300. The van der Waals surface area contributed by atoms with Crippen LogP contribution in [0, 0.1) is 0 Å². The Morgan fingerprint density at radius 2 is 1.73 bits per heavy atom. The van der Waals surface area contributed by atoms with Crippen LogP contribution in [-0.2, 0) is 11.2 Å². The number of aryl methyl sites for hydroxylation is 1. The van der Waals surface area contributed by atoms with Crippen molar-refractivity contribution < 1.29 is 18.0 Å². The van der Waals surface area contributed by atoms with Gasteiger partial charge in [-0.1, -0.05) is 12.1 Å². The van der Waals surface area contributed by atoms with Crippen molar-refractivity contribution in [1.82, 2.24) is 0 Å². The number of hydrogen-bond donors (Lipinski definition) is 1. The zero-order valence-corrected chi connectivity index (χ0v) is 7.84. The predicted molar refractivity (Wildman–Crippen MR) is 50.2 cm³/mol.